The van der Waals surface area contributed by atoms with Gasteiger partial charge in [0.05, 0.1) is 37.3 Å². The lowest BCUT2D eigenvalue weighted by Gasteiger charge is -2.32. The van der Waals surface area contributed by atoms with Gasteiger partial charge in [0.1, 0.15) is 5.75 Å². The van der Waals surface area contributed by atoms with Crippen LogP contribution >= 0.6 is 0 Å². The van der Waals surface area contributed by atoms with Gasteiger partial charge in [-0.1, -0.05) is 6.07 Å². The Morgan fingerprint density at radius 1 is 1.12 bits per heavy atom. The Bertz CT molecular complexity index is 1000. The molecule has 2 heterocycles. The first kappa shape index (κ1) is 24.0. The van der Waals surface area contributed by atoms with E-state index in [-0.39, 0.29) is 30.5 Å². The minimum atomic E-state index is -0.361. The van der Waals surface area contributed by atoms with E-state index in [2.05, 4.69) is 15.6 Å². The Balaban J connectivity index is 1.29. The number of carbonyl (C=O) groups excluding carboxylic acids is 2. The summed E-state index contributed by atoms with van der Waals surface area (Å²) < 4.78 is 5.31. The normalized spacial score (nSPS) is 22.3. The van der Waals surface area contributed by atoms with Gasteiger partial charge in [0.15, 0.2) is 0 Å². The molecule has 182 valence electrons. The zero-order valence-corrected chi connectivity index (χ0v) is 19.9. The molecule has 0 unspecified atom stereocenters. The van der Waals surface area contributed by atoms with Gasteiger partial charge >= 0.3 is 6.03 Å². The fourth-order valence-corrected chi connectivity index (χ4v) is 5.11. The number of amides is 3. The van der Waals surface area contributed by atoms with E-state index < -0.39 is 0 Å². The van der Waals surface area contributed by atoms with Crippen LogP contribution in [0.4, 0.5) is 16.2 Å². The maximum Gasteiger partial charge on any atom is 0.323 e. The number of hydrogen-bond acceptors (Lipinski definition) is 5. The molecule has 0 bridgehead atoms. The van der Waals surface area contributed by atoms with Crippen LogP contribution in [0.1, 0.15) is 55.7 Å². The lowest BCUT2D eigenvalue weighted by atomic mass is 9.79. The van der Waals surface area contributed by atoms with Crippen LogP contribution in [-0.2, 0) is 4.79 Å². The third-order valence-electron chi connectivity index (χ3n) is 7.01. The Hall–Kier alpha value is -3.13. The number of aliphatic hydroxyl groups excluding tert-OH is 1. The van der Waals surface area contributed by atoms with Crippen LogP contribution in [0, 0.1) is 12.8 Å². The molecule has 1 atom stereocenters. The van der Waals surface area contributed by atoms with Crippen molar-refractivity contribution in [2.45, 2.75) is 57.4 Å². The summed E-state index contributed by atoms with van der Waals surface area (Å²) in [5.41, 5.74) is 3.23. The molecule has 1 aromatic heterocycles. The van der Waals surface area contributed by atoms with Crippen molar-refractivity contribution in [2.24, 2.45) is 5.92 Å². The first-order valence-corrected chi connectivity index (χ1v) is 12.1. The van der Waals surface area contributed by atoms with E-state index in [9.17, 15) is 14.7 Å². The second-order valence-electron chi connectivity index (χ2n) is 9.31. The van der Waals surface area contributed by atoms with Crippen molar-refractivity contribution in [2.75, 3.05) is 30.9 Å². The van der Waals surface area contributed by atoms with E-state index in [1.807, 2.05) is 42.2 Å². The summed E-state index contributed by atoms with van der Waals surface area (Å²) in [5.74, 6) is 1.17. The molecule has 1 aliphatic heterocycles. The van der Waals surface area contributed by atoms with Gasteiger partial charge in [0.25, 0.3) is 0 Å². The van der Waals surface area contributed by atoms with Gasteiger partial charge in [-0.3, -0.25) is 9.78 Å². The standard InChI is InChI=1S/C26H34N4O4/c1-17-5-12-24(34-2)23(14-17)29-26(33)28-20-10-11-22(27-15-20)18-6-8-19(9-7-18)25(32)30-13-3-4-21(30)16-31/h5,10-12,14-15,18-19,21,31H,3-4,6-9,13,16H2,1-2H3,(H2,28,29,33)/t18?,19?,21-/m0/s1. The van der Waals surface area contributed by atoms with E-state index in [0.29, 0.717) is 23.0 Å². The van der Waals surface area contributed by atoms with E-state index in [1.165, 1.54) is 0 Å². The number of nitrogens with zero attached hydrogens (tertiary/aromatic N) is 2. The van der Waals surface area contributed by atoms with Crippen molar-refractivity contribution in [1.82, 2.24) is 9.88 Å². The van der Waals surface area contributed by atoms with Crippen molar-refractivity contribution in [1.29, 1.82) is 0 Å². The molecule has 0 spiro atoms. The number of likely N-dealkylation sites (tertiary alicyclic amines) is 1. The number of methoxy groups -OCH3 is 1. The molecule has 2 aromatic rings. The lowest BCUT2D eigenvalue weighted by molar-refractivity contribution is -0.138. The molecule has 1 saturated carbocycles. The van der Waals surface area contributed by atoms with Crippen molar-refractivity contribution in [3.05, 3.63) is 47.8 Å². The number of benzene rings is 1. The van der Waals surface area contributed by atoms with E-state index in [0.717, 1.165) is 56.3 Å². The van der Waals surface area contributed by atoms with Crippen LogP contribution in [0.25, 0.3) is 0 Å². The Labute approximate surface area is 200 Å². The smallest absolute Gasteiger partial charge is 0.323 e. The summed E-state index contributed by atoms with van der Waals surface area (Å²) in [4.78, 5) is 31.8. The zero-order chi connectivity index (χ0) is 24.1. The van der Waals surface area contributed by atoms with Gasteiger partial charge in [-0.05, 0) is 75.3 Å². The number of aliphatic hydroxyl groups is 1. The number of aromatic nitrogens is 1. The average molecular weight is 467 g/mol. The first-order chi connectivity index (χ1) is 16.5. The van der Waals surface area contributed by atoms with Crippen molar-refractivity contribution < 1.29 is 19.4 Å². The highest BCUT2D eigenvalue weighted by molar-refractivity contribution is 6.00. The number of carbonyl (C=O) groups is 2. The highest BCUT2D eigenvalue weighted by Crippen LogP contribution is 2.37. The van der Waals surface area contributed by atoms with Gasteiger partial charge in [0.2, 0.25) is 5.91 Å². The third-order valence-corrected chi connectivity index (χ3v) is 7.01. The monoisotopic (exact) mass is 466 g/mol. The number of urea groups is 1. The summed E-state index contributed by atoms with van der Waals surface area (Å²) in [5, 5.41) is 15.2. The number of rotatable bonds is 6. The lowest BCUT2D eigenvalue weighted by Crippen LogP contribution is -2.42. The van der Waals surface area contributed by atoms with E-state index in [1.54, 1.807) is 13.3 Å². The SMILES string of the molecule is COc1ccc(C)cc1NC(=O)Nc1ccc(C2CCC(C(=O)N3CCC[C@H]3CO)CC2)nc1. The summed E-state index contributed by atoms with van der Waals surface area (Å²) in [6.45, 7) is 2.78. The maximum absolute atomic E-state index is 12.9. The van der Waals surface area contributed by atoms with Gasteiger partial charge in [-0.25, -0.2) is 4.79 Å². The van der Waals surface area contributed by atoms with Crippen LogP contribution in [0.3, 0.4) is 0 Å². The number of anilines is 2. The summed E-state index contributed by atoms with van der Waals surface area (Å²) >= 11 is 0. The second kappa shape index (κ2) is 10.9. The van der Waals surface area contributed by atoms with Crippen LogP contribution in [0.5, 0.6) is 5.75 Å². The van der Waals surface area contributed by atoms with E-state index >= 15 is 0 Å². The molecule has 3 N–H and O–H groups in total. The Morgan fingerprint density at radius 2 is 1.91 bits per heavy atom. The summed E-state index contributed by atoms with van der Waals surface area (Å²) in [6, 6.07) is 9.05. The van der Waals surface area contributed by atoms with Gasteiger partial charge in [0, 0.05) is 24.1 Å². The second-order valence-corrected chi connectivity index (χ2v) is 9.31. The quantitative estimate of drug-likeness (QED) is 0.589. The fraction of sp³-hybridized carbons (Fsp3) is 0.500. The summed E-state index contributed by atoms with van der Waals surface area (Å²) in [7, 11) is 1.57. The number of pyridine rings is 1. The number of hydrogen-bond donors (Lipinski definition) is 3. The minimum absolute atomic E-state index is 0.00358. The molecule has 4 rings (SSSR count). The number of ether oxygens (including phenoxy) is 1. The predicted octanol–water partition coefficient (Wildman–Crippen LogP) is 4.30. The molecular formula is C26H34N4O4. The largest absolute Gasteiger partial charge is 0.495 e. The van der Waals surface area contributed by atoms with Crippen LogP contribution in [0.2, 0.25) is 0 Å². The van der Waals surface area contributed by atoms with Crippen molar-refractivity contribution in [3.63, 3.8) is 0 Å². The first-order valence-electron chi connectivity index (χ1n) is 12.1. The van der Waals surface area contributed by atoms with Crippen LogP contribution < -0.4 is 15.4 Å². The molecule has 2 fully saturated rings. The molecule has 34 heavy (non-hydrogen) atoms. The Morgan fingerprint density at radius 3 is 2.59 bits per heavy atom. The molecular weight excluding hydrogens is 432 g/mol. The molecule has 8 nitrogen and oxygen atoms in total. The zero-order valence-electron chi connectivity index (χ0n) is 19.9. The van der Waals surface area contributed by atoms with Gasteiger partial charge in [-0.2, -0.15) is 0 Å². The molecule has 8 heteroatoms. The molecule has 1 aliphatic carbocycles. The average Bonchev–Trinajstić information content (AvgIpc) is 3.33. The maximum atomic E-state index is 12.9. The van der Waals surface area contributed by atoms with Crippen molar-refractivity contribution >= 4 is 23.3 Å². The number of aryl methyl sites for hydroxylation is 1. The summed E-state index contributed by atoms with van der Waals surface area (Å²) in [6.07, 6.45) is 7.09. The molecule has 0 radical (unpaired) electrons. The third kappa shape index (κ3) is 5.50. The van der Waals surface area contributed by atoms with Gasteiger partial charge < -0.3 is 25.4 Å². The Kier molecular flexibility index (Phi) is 7.67. The molecule has 3 amide bonds. The molecule has 1 saturated heterocycles. The number of nitrogens with one attached hydrogen (secondary N) is 2. The van der Waals surface area contributed by atoms with Crippen molar-refractivity contribution in [3.8, 4) is 5.75 Å². The topological polar surface area (TPSA) is 104 Å². The molecule has 1 aromatic carbocycles. The van der Waals surface area contributed by atoms with Crippen LogP contribution in [-0.4, -0.2) is 53.2 Å². The van der Waals surface area contributed by atoms with Crippen LogP contribution in [0.15, 0.2) is 36.5 Å². The minimum Gasteiger partial charge on any atom is -0.495 e. The molecule has 2 aliphatic rings. The van der Waals surface area contributed by atoms with Gasteiger partial charge in [-0.15, -0.1) is 0 Å². The predicted molar refractivity (Wildman–Crippen MR) is 131 cm³/mol. The fourth-order valence-electron chi connectivity index (χ4n) is 5.11. The highest BCUT2D eigenvalue weighted by atomic mass is 16.5. The van der Waals surface area contributed by atoms with E-state index in [4.69, 9.17) is 4.74 Å². The highest BCUT2D eigenvalue weighted by Gasteiger charge is 2.35.